The molecule has 0 aromatic carbocycles. The zero-order valence-electron chi connectivity index (χ0n) is 18.1. The molecule has 1 aliphatic carbocycles. The minimum Gasteiger partial charge on any atom is -0.380 e. The molecule has 1 N–H and O–H groups in total. The van der Waals surface area contributed by atoms with Crippen LogP contribution in [0.3, 0.4) is 0 Å². The summed E-state index contributed by atoms with van der Waals surface area (Å²) in [7, 11) is -3.86. The Balaban J connectivity index is 1.52. The molecule has 3 aromatic heterocycles. The van der Waals surface area contributed by atoms with E-state index in [0.717, 1.165) is 19.3 Å². The molecule has 14 heteroatoms. The Kier molecular flexibility index (Phi) is 4.99. The lowest BCUT2D eigenvalue weighted by Crippen LogP contribution is -2.44. The maximum atomic E-state index is 13.3. The molecule has 182 valence electrons. The molecule has 0 radical (unpaired) electrons. The van der Waals surface area contributed by atoms with Crippen molar-refractivity contribution in [1.29, 1.82) is 0 Å². The summed E-state index contributed by atoms with van der Waals surface area (Å²) in [6.45, 7) is 4.59. The second-order valence-electron chi connectivity index (χ2n) is 9.58. The summed E-state index contributed by atoms with van der Waals surface area (Å²) >= 11 is 7.24. The number of nitrogens with zero attached hydrogens (tertiary/aromatic N) is 5. The molecule has 5 heterocycles. The van der Waals surface area contributed by atoms with Crippen LogP contribution >= 0.6 is 22.9 Å². The number of imidazole rings is 1. The van der Waals surface area contributed by atoms with Crippen LogP contribution in [0, 0.1) is 5.41 Å². The molecule has 2 saturated heterocycles. The molecular formula is C20H21ClF2N6O3S2. The Morgan fingerprint density at radius 3 is 2.62 bits per heavy atom. The van der Waals surface area contributed by atoms with Crippen molar-refractivity contribution in [2.75, 3.05) is 31.2 Å². The number of alkyl halides is 2. The van der Waals surface area contributed by atoms with Crippen LogP contribution in [0.4, 0.5) is 14.5 Å². The van der Waals surface area contributed by atoms with E-state index in [0.29, 0.717) is 48.8 Å². The summed E-state index contributed by atoms with van der Waals surface area (Å²) in [5.74, 6) is 0.168. The van der Waals surface area contributed by atoms with Gasteiger partial charge in [0.25, 0.3) is 6.43 Å². The maximum Gasteiger partial charge on any atom is 0.291 e. The molecule has 0 bridgehead atoms. The van der Waals surface area contributed by atoms with Crippen LogP contribution in [0.1, 0.15) is 37.6 Å². The lowest BCUT2D eigenvalue weighted by atomic mass is 9.85. The van der Waals surface area contributed by atoms with Gasteiger partial charge >= 0.3 is 0 Å². The molecule has 3 fully saturated rings. The average molecular weight is 531 g/mol. The van der Waals surface area contributed by atoms with E-state index in [1.807, 2.05) is 6.92 Å². The standard InChI is InChI=1S/C20H21ClF2N6O3S2/c1-19(2-3-19)27-34(30,31)11-6-12(28-5-4-20(8-28)9-32-10-20)13-14(21)24-16(29(13)7-11)18-26-25-17(33-18)15(22)23/h6-7,15,27H,2-5,8-10H2,1H3. The molecule has 1 spiro atoms. The molecule has 1 saturated carbocycles. The Bertz CT molecular complexity index is 1400. The number of halogens is 3. The zero-order chi connectivity index (χ0) is 23.9. The number of ether oxygens (including phenoxy) is 1. The monoisotopic (exact) mass is 530 g/mol. The molecule has 9 nitrogen and oxygen atoms in total. The molecule has 0 unspecified atom stereocenters. The first-order chi connectivity index (χ1) is 16.1. The molecule has 2 aliphatic heterocycles. The van der Waals surface area contributed by atoms with Crippen molar-refractivity contribution in [3.05, 3.63) is 22.4 Å². The van der Waals surface area contributed by atoms with Gasteiger partial charge < -0.3 is 9.64 Å². The predicted molar refractivity (Wildman–Crippen MR) is 122 cm³/mol. The number of anilines is 1. The maximum absolute atomic E-state index is 13.3. The van der Waals surface area contributed by atoms with E-state index in [-0.39, 0.29) is 26.3 Å². The fraction of sp³-hybridized carbons (Fsp3) is 0.550. The van der Waals surface area contributed by atoms with Crippen molar-refractivity contribution in [3.63, 3.8) is 0 Å². The SMILES string of the molecule is CC1(NS(=O)(=O)c2cc(N3CCC4(COC4)C3)c3c(Cl)nc(-c4nnc(C(F)F)s4)n3c2)CC1. The van der Waals surface area contributed by atoms with Gasteiger partial charge in [0.15, 0.2) is 21.0 Å². The Labute approximate surface area is 203 Å². The van der Waals surface area contributed by atoms with Crippen LogP contribution in [0.5, 0.6) is 0 Å². The number of hydrogen-bond donors (Lipinski definition) is 1. The van der Waals surface area contributed by atoms with E-state index in [1.54, 1.807) is 6.07 Å². The largest absolute Gasteiger partial charge is 0.380 e. The Hall–Kier alpha value is -1.93. The van der Waals surface area contributed by atoms with Crippen LogP contribution in [0.25, 0.3) is 16.3 Å². The second kappa shape index (κ2) is 7.53. The van der Waals surface area contributed by atoms with E-state index in [4.69, 9.17) is 16.3 Å². The lowest BCUT2D eigenvalue weighted by Gasteiger charge is -2.38. The van der Waals surface area contributed by atoms with Crippen LogP contribution in [-0.2, 0) is 14.8 Å². The zero-order valence-corrected chi connectivity index (χ0v) is 20.5. The van der Waals surface area contributed by atoms with Crippen molar-refractivity contribution in [2.24, 2.45) is 5.41 Å². The number of aromatic nitrogens is 4. The molecule has 0 atom stereocenters. The highest BCUT2D eigenvalue weighted by atomic mass is 35.5. The normalized spacial score (nSPS) is 21.0. The fourth-order valence-electron chi connectivity index (χ4n) is 4.52. The highest BCUT2D eigenvalue weighted by Crippen LogP contribution is 2.43. The van der Waals surface area contributed by atoms with Gasteiger partial charge in [-0.25, -0.2) is 26.9 Å². The van der Waals surface area contributed by atoms with Gasteiger partial charge in [-0.1, -0.05) is 22.9 Å². The highest BCUT2D eigenvalue weighted by molar-refractivity contribution is 7.89. The Morgan fingerprint density at radius 1 is 1.26 bits per heavy atom. The summed E-state index contributed by atoms with van der Waals surface area (Å²) < 4.78 is 62.6. The predicted octanol–water partition coefficient (Wildman–Crippen LogP) is 3.50. The summed E-state index contributed by atoms with van der Waals surface area (Å²) in [5, 5.41) is 7.22. The number of fused-ring (bicyclic) bond motifs is 1. The molecule has 34 heavy (non-hydrogen) atoms. The topological polar surface area (TPSA) is 102 Å². The van der Waals surface area contributed by atoms with Crippen LogP contribution < -0.4 is 9.62 Å². The fourth-order valence-corrected chi connectivity index (χ4v) is 6.95. The second-order valence-corrected chi connectivity index (χ2v) is 12.6. The summed E-state index contributed by atoms with van der Waals surface area (Å²) in [6, 6.07) is 1.62. The van der Waals surface area contributed by atoms with Gasteiger partial charge in [-0.15, -0.1) is 10.2 Å². The molecule has 3 aromatic rings. The van der Waals surface area contributed by atoms with E-state index in [2.05, 4.69) is 24.8 Å². The Morgan fingerprint density at radius 2 is 2.03 bits per heavy atom. The molecule has 6 rings (SSSR count). The molecular weight excluding hydrogens is 510 g/mol. The number of hydrogen-bond acceptors (Lipinski definition) is 8. The summed E-state index contributed by atoms with van der Waals surface area (Å²) in [6.07, 6.45) is 1.09. The van der Waals surface area contributed by atoms with Crippen molar-refractivity contribution in [3.8, 4) is 10.8 Å². The average Bonchev–Trinajstić information content (AvgIpc) is 3.19. The first-order valence-electron chi connectivity index (χ1n) is 10.8. The highest BCUT2D eigenvalue weighted by Gasteiger charge is 2.46. The van der Waals surface area contributed by atoms with Gasteiger partial charge in [0, 0.05) is 30.2 Å². The van der Waals surface area contributed by atoms with Gasteiger partial charge in [-0.3, -0.25) is 4.40 Å². The van der Waals surface area contributed by atoms with E-state index in [1.165, 1.54) is 10.6 Å². The third kappa shape index (κ3) is 3.68. The quantitative estimate of drug-likeness (QED) is 0.520. The molecule has 3 aliphatic rings. The number of sulfonamides is 1. The van der Waals surface area contributed by atoms with Crippen molar-refractivity contribution < 1.29 is 21.9 Å². The summed E-state index contributed by atoms with van der Waals surface area (Å²) in [4.78, 5) is 6.51. The first kappa shape index (κ1) is 22.5. The third-order valence-electron chi connectivity index (χ3n) is 6.75. The van der Waals surface area contributed by atoms with Crippen LogP contribution in [0.15, 0.2) is 17.2 Å². The molecule has 0 amide bonds. The number of rotatable bonds is 6. The first-order valence-corrected chi connectivity index (χ1v) is 13.5. The van der Waals surface area contributed by atoms with Crippen LogP contribution in [-0.4, -0.2) is 59.8 Å². The summed E-state index contributed by atoms with van der Waals surface area (Å²) in [5.41, 5.74) is 0.705. The van der Waals surface area contributed by atoms with E-state index < -0.39 is 27.0 Å². The van der Waals surface area contributed by atoms with Gasteiger partial charge in [0.05, 0.1) is 18.9 Å². The van der Waals surface area contributed by atoms with Crippen molar-refractivity contribution >= 4 is 44.2 Å². The smallest absolute Gasteiger partial charge is 0.291 e. The number of pyridine rings is 1. The minimum absolute atomic E-state index is 0.0443. The van der Waals surface area contributed by atoms with E-state index >= 15 is 0 Å². The lowest BCUT2D eigenvalue weighted by molar-refractivity contribution is -0.0985. The third-order valence-corrected chi connectivity index (χ3v) is 9.55. The van der Waals surface area contributed by atoms with Crippen molar-refractivity contribution in [1.82, 2.24) is 24.3 Å². The van der Waals surface area contributed by atoms with E-state index in [9.17, 15) is 17.2 Å². The minimum atomic E-state index is -3.86. The van der Waals surface area contributed by atoms with Crippen molar-refractivity contribution in [2.45, 2.75) is 43.0 Å². The van der Waals surface area contributed by atoms with Gasteiger partial charge in [0.2, 0.25) is 10.0 Å². The van der Waals surface area contributed by atoms with Crippen LogP contribution in [0.2, 0.25) is 5.15 Å². The van der Waals surface area contributed by atoms with Gasteiger partial charge in [-0.05, 0) is 32.3 Å². The number of nitrogens with one attached hydrogen (secondary N) is 1. The van der Waals surface area contributed by atoms with Gasteiger partial charge in [-0.2, -0.15) is 0 Å². The van der Waals surface area contributed by atoms with Gasteiger partial charge in [0.1, 0.15) is 10.4 Å².